The van der Waals surface area contributed by atoms with Crippen molar-refractivity contribution in [2.75, 3.05) is 0 Å². The number of fused-ring (bicyclic) bond motifs is 1. The standard InChI is InChI=1S/C15H16N2O4/c18-13-14(19)17(10-4-2-1-3-5-10)12-8-9(15(20)21)6-7-11(12)16-13/h6-8,10H,1-5H2,(H,16,18)(H,20,21). The molecule has 1 aromatic heterocycles. The van der Waals surface area contributed by atoms with Crippen molar-refractivity contribution in [3.8, 4) is 0 Å². The van der Waals surface area contributed by atoms with E-state index in [1.165, 1.54) is 16.7 Å². The van der Waals surface area contributed by atoms with Crippen LogP contribution in [0.4, 0.5) is 0 Å². The number of carboxylic acid groups (broad SMARTS) is 1. The first-order chi connectivity index (χ1) is 10.1. The Morgan fingerprint density at radius 3 is 2.57 bits per heavy atom. The third-order valence-corrected chi connectivity index (χ3v) is 4.11. The highest BCUT2D eigenvalue weighted by molar-refractivity contribution is 5.92. The number of benzene rings is 1. The van der Waals surface area contributed by atoms with Crippen LogP contribution in [-0.2, 0) is 0 Å². The molecule has 0 radical (unpaired) electrons. The van der Waals surface area contributed by atoms with E-state index in [-0.39, 0.29) is 11.6 Å². The first kappa shape index (κ1) is 13.6. The molecule has 0 amide bonds. The molecule has 1 fully saturated rings. The normalized spacial score (nSPS) is 16.2. The number of aromatic amines is 1. The molecule has 6 heteroatoms. The Labute approximate surface area is 120 Å². The van der Waals surface area contributed by atoms with Crippen molar-refractivity contribution in [1.82, 2.24) is 9.55 Å². The number of H-pyrrole nitrogens is 1. The average Bonchev–Trinajstić information content (AvgIpc) is 2.49. The number of carboxylic acids is 1. The number of aromatic nitrogens is 2. The summed E-state index contributed by atoms with van der Waals surface area (Å²) in [4.78, 5) is 37.7. The second-order valence-electron chi connectivity index (χ2n) is 5.46. The number of rotatable bonds is 2. The van der Waals surface area contributed by atoms with E-state index in [4.69, 9.17) is 5.11 Å². The zero-order valence-electron chi connectivity index (χ0n) is 11.5. The summed E-state index contributed by atoms with van der Waals surface area (Å²) in [5, 5.41) is 9.11. The van der Waals surface area contributed by atoms with Gasteiger partial charge in [-0.2, -0.15) is 0 Å². The van der Waals surface area contributed by atoms with Crippen LogP contribution >= 0.6 is 0 Å². The number of hydrogen-bond donors (Lipinski definition) is 2. The van der Waals surface area contributed by atoms with Crippen molar-refractivity contribution in [3.63, 3.8) is 0 Å². The van der Waals surface area contributed by atoms with E-state index in [9.17, 15) is 14.4 Å². The predicted molar refractivity (Wildman–Crippen MR) is 77.9 cm³/mol. The summed E-state index contributed by atoms with van der Waals surface area (Å²) in [7, 11) is 0. The second-order valence-corrected chi connectivity index (χ2v) is 5.46. The van der Waals surface area contributed by atoms with Crippen molar-refractivity contribution in [3.05, 3.63) is 44.5 Å². The van der Waals surface area contributed by atoms with Gasteiger partial charge in [0.2, 0.25) is 0 Å². The lowest BCUT2D eigenvalue weighted by molar-refractivity contribution is 0.0697. The van der Waals surface area contributed by atoms with Gasteiger partial charge in [-0.25, -0.2) is 4.79 Å². The van der Waals surface area contributed by atoms with Gasteiger partial charge < -0.3 is 10.1 Å². The monoisotopic (exact) mass is 288 g/mol. The van der Waals surface area contributed by atoms with Crippen molar-refractivity contribution in [2.24, 2.45) is 0 Å². The largest absolute Gasteiger partial charge is 0.478 e. The number of nitrogens with one attached hydrogen (secondary N) is 1. The van der Waals surface area contributed by atoms with Gasteiger partial charge in [-0.05, 0) is 31.0 Å². The SMILES string of the molecule is O=C(O)c1ccc2[nH]c(=O)c(=O)n(C3CCCCC3)c2c1. The van der Waals surface area contributed by atoms with Crippen LogP contribution in [0.5, 0.6) is 0 Å². The van der Waals surface area contributed by atoms with Crippen molar-refractivity contribution < 1.29 is 9.90 Å². The molecule has 6 nitrogen and oxygen atoms in total. The van der Waals surface area contributed by atoms with Crippen molar-refractivity contribution >= 4 is 17.0 Å². The Bertz CT molecular complexity index is 813. The topological polar surface area (TPSA) is 92.2 Å². The summed E-state index contributed by atoms with van der Waals surface area (Å²) < 4.78 is 1.49. The quantitative estimate of drug-likeness (QED) is 0.825. The highest BCUT2D eigenvalue weighted by Gasteiger charge is 2.20. The molecule has 2 aromatic rings. The Morgan fingerprint density at radius 2 is 1.90 bits per heavy atom. The summed E-state index contributed by atoms with van der Waals surface area (Å²) in [5.41, 5.74) is -0.159. The second kappa shape index (κ2) is 5.20. The maximum absolute atomic E-state index is 12.2. The Hall–Kier alpha value is -2.37. The van der Waals surface area contributed by atoms with Crippen molar-refractivity contribution in [1.29, 1.82) is 0 Å². The van der Waals surface area contributed by atoms with Gasteiger partial charge in [0, 0.05) is 6.04 Å². The fraction of sp³-hybridized carbons (Fsp3) is 0.400. The molecule has 0 aliphatic heterocycles. The van der Waals surface area contributed by atoms with Gasteiger partial charge in [-0.1, -0.05) is 19.3 Å². The van der Waals surface area contributed by atoms with Gasteiger partial charge in [0.15, 0.2) is 0 Å². The fourth-order valence-electron chi connectivity index (χ4n) is 3.07. The van der Waals surface area contributed by atoms with Crippen LogP contribution in [0.1, 0.15) is 48.5 Å². The summed E-state index contributed by atoms with van der Waals surface area (Å²) in [5.74, 6) is -1.05. The number of nitrogens with zero attached hydrogens (tertiary/aromatic N) is 1. The third-order valence-electron chi connectivity index (χ3n) is 4.11. The molecule has 2 N–H and O–H groups in total. The molecule has 110 valence electrons. The Morgan fingerprint density at radius 1 is 1.19 bits per heavy atom. The highest BCUT2D eigenvalue weighted by atomic mass is 16.4. The van der Waals surface area contributed by atoms with E-state index < -0.39 is 17.1 Å². The van der Waals surface area contributed by atoms with E-state index in [0.29, 0.717) is 11.0 Å². The van der Waals surface area contributed by atoms with Crippen LogP contribution in [0.15, 0.2) is 27.8 Å². The molecule has 0 unspecified atom stereocenters. The van der Waals surface area contributed by atoms with Gasteiger partial charge in [0.25, 0.3) is 0 Å². The van der Waals surface area contributed by atoms with E-state index >= 15 is 0 Å². The van der Waals surface area contributed by atoms with Gasteiger partial charge in [0.05, 0.1) is 16.6 Å². The third kappa shape index (κ3) is 2.37. The lowest BCUT2D eigenvalue weighted by Crippen LogP contribution is -2.39. The van der Waals surface area contributed by atoms with E-state index in [1.54, 1.807) is 6.07 Å². The molecule has 0 atom stereocenters. The van der Waals surface area contributed by atoms with Crippen LogP contribution in [0, 0.1) is 0 Å². The van der Waals surface area contributed by atoms with Gasteiger partial charge in [-0.15, -0.1) is 0 Å². The number of aromatic carboxylic acids is 1. The van der Waals surface area contributed by atoms with E-state index in [2.05, 4.69) is 4.98 Å². The molecular formula is C15H16N2O4. The molecule has 3 rings (SSSR count). The Balaban J connectivity index is 2.30. The van der Waals surface area contributed by atoms with Gasteiger partial charge in [-0.3, -0.25) is 14.2 Å². The Kier molecular flexibility index (Phi) is 3.37. The maximum Gasteiger partial charge on any atom is 0.335 e. The van der Waals surface area contributed by atoms with E-state index in [0.717, 1.165) is 32.1 Å². The van der Waals surface area contributed by atoms with E-state index in [1.807, 2.05) is 0 Å². The predicted octanol–water partition coefficient (Wildman–Crippen LogP) is 1.89. The van der Waals surface area contributed by atoms with Crippen LogP contribution in [0.2, 0.25) is 0 Å². The molecule has 0 saturated heterocycles. The maximum atomic E-state index is 12.2. The smallest absolute Gasteiger partial charge is 0.335 e. The summed E-state index contributed by atoms with van der Waals surface area (Å²) in [6.07, 6.45) is 4.85. The minimum atomic E-state index is -1.05. The molecule has 1 aliphatic rings. The molecular weight excluding hydrogens is 272 g/mol. The molecule has 1 aromatic carbocycles. The van der Waals surface area contributed by atoms with Crippen molar-refractivity contribution in [2.45, 2.75) is 38.1 Å². The van der Waals surface area contributed by atoms with Crippen LogP contribution in [-0.4, -0.2) is 20.6 Å². The highest BCUT2D eigenvalue weighted by Crippen LogP contribution is 2.29. The number of hydrogen-bond acceptors (Lipinski definition) is 3. The minimum Gasteiger partial charge on any atom is -0.478 e. The molecule has 0 bridgehead atoms. The molecule has 0 spiro atoms. The molecule has 1 aliphatic carbocycles. The summed E-state index contributed by atoms with van der Waals surface area (Å²) in [6.45, 7) is 0. The zero-order chi connectivity index (χ0) is 15.0. The first-order valence-electron chi connectivity index (χ1n) is 7.10. The summed E-state index contributed by atoms with van der Waals surface area (Å²) in [6, 6.07) is 4.40. The lowest BCUT2D eigenvalue weighted by Gasteiger charge is -2.25. The van der Waals surface area contributed by atoms with Crippen LogP contribution < -0.4 is 11.1 Å². The zero-order valence-corrected chi connectivity index (χ0v) is 11.5. The van der Waals surface area contributed by atoms with Crippen LogP contribution in [0.25, 0.3) is 11.0 Å². The average molecular weight is 288 g/mol. The van der Waals surface area contributed by atoms with Crippen LogP contribution in [0.3, 0.4) is 0 Å². The van der Waals surface area contributed by atoms with Gasteiger partial charge in [0.1, 0.15) is 0 Å². The molecule has 1 saturated carbocycles. The first-order valence-corrected chi connectivity index (χ1v) is 7.10. The lowest BCUT2D eigenvalue weighted by atomic mass is 9.95. The molecule has 21 heavy (non-hydrogen) atoms. The summed E-state index contributed by atoms with van der Waals surface area (Å²) >= 11 is 0. The molecule has 1 heterocycles. The minimum absolute atomic E-state index is 0.0277. The van der Waals surface area contributed by atoms with Gasteiger partial charge >= 0.3 is 17.1 Å². The fourth-order valence-corrected chi connectivity index (χ4v) is 3.07. The number of carbonyl (C=O) groups is 1.